The highest BCUT2D eigenvalue weighted by Gasteiger charge is 2.14. The third kappa shape index (κ3) is 2.27. The molecule has 7 heteroatoms. The third-order valence-electron chi connectivity index (χ3n) is 2.97. The van der Waals surface area contributed by atoms with Crippen molar-refractivity contribution in [2.24, 2.45) is 7.05 Å². The molecule has 3 aromatic rings. The van der Waals surface area contributed by atoms with Crippen molar-refractivity contribution in [3.05, 3.63) is 40.2 Å². The van der Waals surface area contributed by atoms with Gasteiger partial charge in [0, 0.05) is 24.8 Å². The molecule has 0 unspecified atom stereocenters. The van der Waals surface area contributed by atoms with E-state index in [0.29, 0.717) is 12.2 Å². The molecule has 3 aromatic heterocycles. The van der Waals surface area contributed by atoms with Gasteiger partial charge in [0.05, 0.1) is 12.1 Å². The quantitative estimate of drug-likeness (QED) is 0.795. The highest BCUT2D eigenvalue weighted by Crippen LogP contribution is 2.17. The number of nitrogens with one attached hydrogen (secondary N) is 1. The summed E-state index contributed by atoms with van der Waals surface area (Å²) in [5, 5.41) is 13.4. The zero-order valence-corrected chi connectivity index (χ0v) is 11.9. The largest absolute Gasteiger partial charge is 0.349 e. The number of rotatable bonds is 3. The van der Waals surface area contributed by atoms with Gasteiger partial charge in [-0.25, -0.2) is 4.98 Å². The van der Waals surface area contributed by atoms with E-state index in [0.717, 1.165) is 20.9 Å². The van der Waals surface area contributed by atoms with Crippen molar-refractivity contribution < 1.29 is 4.79 Å². The summed E-state index contributed by atoms with van der Waals surface area (Å²) in [6, 6.07) is 3.85. The molecule has 0 atom stereocenters. The first-order valence-electron chi connectivity index (χ1n) is 6.12. The minimum Gasteiger partial charge on any atom is -0.349 e. The van der Waals surface area contributed by atoms with Gasteiger partial charge in [0.25, 0.3) is 5.91 Å². The molecule has 0 spiro atoms. The van der Waals surface area contributed by atoms with E-state index < -0.39 is 0 Å². The van der Waals surface area contributed by atoms with Gasteiger partial charge in [-0.05, 0) is 19.1 Å². The molecule has 0 aliphatic heterocycles. The van der Waals surface area contributed by atoms with Crippen molar-refractivity contribution in [2.75, 3.05) is 0 Å². The topological polar surface area (TPSA) is 72.7 Å². The van der Waals surface area contributed by atoms with Crippen LogP contribution in [0.15, 0.2) is 24.5 Å². The number of aromatic nitrogens is 4. The number of fused-ring (bicyclic) bond motifs is 1. The number of hydrogen-bond acceptors (Lipinski definition) is 5. The third-order valence-corrected chi connectivity index (χ3v) is 3.81. The number of amides is 1. The molecule has 1 amide bonds. The fraction of sp³-hybridized carbons (Fsp3) is 0.231. The predicted octanol–water partition coefficient (Wildman–Crippen LogP) is 1.66. The van der Waals surface area contributed by atoms with Crippen LogP contribution in [0.3, 0.4) is 0 Å². The maximum Gasteiger partial charge on any atom is 0.272 e. The second-order valence-corrected chi connectivity index (χ2v) is 5.69. The van der Waals surface area contributed by atoms with Crippen LogP contribution < -0.4 is 5.32 Å². The smallest absolute Gasteiger partial charge is 0.272 e. The zero-order chi connectivity index (χ0) is 14.1. The lowest BCUT2D eigenvalue weighted by atomic mass is 10.2. The summed E-state index contributed by atoms with van der Waals surface area (Å²) < 4.78 is 1.90. The van der Waals surface area contributed by atoms with E-state index in [9.17, 15) is 4.79 Å². The Kier molecular flexibility index (Phi) is 3.19. The van der Waals surface area contributed by atoms with Gasteiger partial charge in [0.2, 0.25) is 0 Å². The van der Waals surface area contributed by atoms with Gasteiger partial charge in [-0.3, -0.25) is 4.79 Å². The molecule has 3 rings (SSSR count). The average molecular weight is 287 g/mol. The SMILES string of the molecule is Cc1nnc(CNC(=O)c2nccc3ccn(C)c23)s1. The van der Waals surface area contributed by atoms with Crippen molar-refractivity contribution in [3.63, 3.8) is 0 Å². The van der Waals surface area contributed by atoms with E-state index in [1.54, 1.807) is 6.20 Å². The highest BCUT2D eigenvalue weighted by atomic mass is 32.1. The van der Waals surface area contributed by atoms with Crippen LogP contribution in [0.5, 0.6) is 0 Å². The molecule has 3 heterocycles. The first kappa shape index (κ1) is 12.7. The molecule has 20 heavy (non-hydrogen) atoms. The van der Waals surface area contributed by atoms with E-state index in [1.807, 2.05) is 36.9 Å². The fourth-order valence-corrected chi connectivity index (χ4v) is 2.70. The molecule has 6 nitrogen and oxygen atoms in total. The standard InChI is InChI=1S/C13H13N5OS/c1-8-16-17-10(20-8)7-15-13(19)11-12-9(3-5-14-11)4-6-18(12)2/h3-6H,7H2,1-2H3,(H,15,19). The number of carbonyl (C=O) groups excluding carboxylic acids is 1. The Balaban J connectivity index is 1.83. The lowest BCUT2D eigenvalue weighted by Gasteiger charge is -2.05. The maximum absolute atomic E-state index is 12.3. The van der Waals surface area contributed by atoms with Crippen LogP contribution in [0.25, 0.3) is 10.9 Å². The van der Waals surface area contributed by atoms with Gasteiger partial charge in [0.15, 0.2) is 5.69 Å². The van der Waals surface area contributed by atoms with Gasteiger partial charge in [-0.15, -0.1) is 10.2 Å². The van der Waals surface area contributed by atoms with E-state index in [2.05, 4.69) is 20.5 Å². The van der Waals surface area contributed by atoms with Crippen molar-refractivity contribution in [2.45, 2.75) is 13.5 Å². The first-order valence-corrected chi connectivity index (χ1v) is 6.94. The van der Waals surface area contributed by atoms with Gasteiger partial charge in [-0.1, -0.05) is 11.3 Å². The Hall–Kier alpha value is -2.28. The summed E-state index contributed by atoms with van der Waals surface area (Å²) in [4.78, 5) is 16.5. The molecule has 0 fully saturated rings. The van der Waals surface area contributed by atoms with Crippen molar-refractivity contribution in [1.29, 1.82) is 0 Å². The molecule has 0 bridgehead atoms. The van der Waals surface area contributed by atoms with Crippen LogP contribution in [0.2, 0.25) is 0 Å². The number of aryl methyl sites for hydroxylation is 2. The number of hydrogen-bond donors (Lipinski definition) is 1. The second-order valence-electron chi connectivity index (χ2n) is 4.42. The lowest BCUT2D eigenvalue weighted by molar-refractivity contribution is 0.0947. The number of nitrogens with zero attached hydrogens (tertiary/aromatic N) is 4. The molecule has 0 aliphatic rings. The molecule has 0 aliphatic carbocycles. The Morgan fingerprint density at radius 3 is 3.00 bits per heavy atom. The molecular formula is C13H13N5OS. The van der Waals surface area contributed by atoms with Crippen LogP contribution in [-0.2, 0) is 13.6 Å². The summed E-state index contributed by atoms with van der Waals surface area (Å²) in [6.45, 7) is 2.25. The van der Waals surface area contributed by atoms with E-state index in [4.69, 9.17) is 0 Å². The first-order chi connectivity index (χ1) is 9.65. The van der Waals surface area contributed by atoms with Crippen molar-refractivity contribution >= 4 is 28.1 Å². The van der Waals surface area contributed by atoms with Gasteiger partial charge in [-0.2, -0.15) is 0 Å². The van der Waals surface area contributed by atoms with Crippen molar-refractivity contribution in [1.82, 2.24) is 25.1 Å². The van der Waals surface area contributed by atoms with E-state index in [1.165, 1.54) is 11.3 Å². The van der Waals surface area contributed by atoms with Crippen LogP contribution in [0.1, 0.15) is 20.5 Å². The molecular weight excluding hydrogens is 274 g/mol. The van der Waals surface area contributed by atoms with E-state index in [-0.39, 0.29) is 5.91 Å². The summed E-state index contributed by atoms with van der Waals surface area (Å²) in [5.74, 6) is -0.203. The molecule has 102 valence electrons. The van der Waals surface area contributed by atoms with Crippen LogP contribution in [0, 0.1) is 6.92 Å². The molecule has 0 radical (unpaired) electrons. The maximum atomic E-state index is 12.3. The van der Waals surface area contributed by atoms with Gasteiger partial charge < -0.3 is 9.88 Å². The zero-order valence-electron chi connectivity index (χ0n) is 11.1. The predicted molar refractivity (Wildman–Crippen MR) is 76.5 cm³/mol. The molecule has 0 aromatic carbocycles. The Bertz CT molecular complexity index is 776. The fourth-order valence-electron chi connectivity index (χ4n) is 2.06. The number of carbonyl (C=O) groups is 1. The van der Waals surface area contributed by atoms with Crippen LogP contribution in [0.4, 0.5) is 0 Å². The van der Waals surface area contributed by atoms with Gasteiger partial charge in [0.1, 0.15) is 10.0 Å². The normalized spacial score (nSPS) is 10.9. The van der Waals surface area contributed by atoms with E-state index >= 15 is 0 Å². The van der Waals surface area contributed by atoms with Crippen LogP contribution in [-0.4, -0.2) is 25.7 Å². The molecule has 0 saturated heterocycles. The minimum atomic E-state index is -0.203. The summed E-state index contributed by atoms with van der Waals surface area (Å²) in [7, 11) is 1.90. The monoisotopic (exact) mass is 287 g/mol. The van der Waals surface area contributed by atoms with Crippen LogP contribution >= 0.6 is 11.3 Å². The second kappa shape index (κ2) is 5.01. The summed E-state index contributed by atoms with van der Waals surface area (Å²) in [6.07, 6.45) is 3.56. The minimum absolute atomic E-state index is 0.203. The Morgan fingerprint density at radius 1 is 1.40 bits per heavy atom. The summed E-state index contributed by atoms with van der Waals surface area (Å²) >= 11 is 1.47. The van der Waals surface area contributed by atoms with Crippen molar-refractivity contribution in [3.8, 4) is 0 Å². The highest BCUT2D eigenvalue weighted by molar-refractivity contribution is 7.11. The Labute approximate surface area is 119 Å². The lowest BCUT2D eigenvalue weighted by Crippen LogP contribution is -2.24. The molecule has 1 N–H and O–H groups in total. The average Bonchev–Trinajstić information content (AvgIpc) is 3.03. The number of pyridine rings is 1. The molecule has 0 saturated carbocycles. The summed E-state index contributed by atoms with van der Waals surface area (Å²) in [5.41, 5.74) is 1.26. The van der Waals surface area contributed by atoms with Gasteiger partial charge >= 0.3 is 0 Å². The Morgan fingerprint density at radius 2 is 2.25 bits per heavy atom.